The highest BCUT2D eigenvalue weighted by Gasteiger charge is 2.01. The molecule has 0 spiro atoms. The van der Waals surface area contributed by atoms with Gasteiger partial charge in [-0.3, -0.25) is 4.57 Å². The summed E-state index contributed by atoms with van der Waals surface area (Å²) < 4.78 is 1.85. The van der Waals surface area contributed by atoms with Gasteiger partial charge in [0.25, 0.3) is 0 Å². The maximum atomic E-state index is 4.23. The van der Waals surface area contributed by atoms with E-state index in [1.54, 1.807) is 18.9 Å². The van der Waals surface area contributed by atoms with E-state index in [4.69, 9.17) is 0 Å². The Morgan fingerprint density at radius 3 is 2.95 bits per heavy atom. The molecule has 5 nitrogen and oxygen atoms in total. The largest absolute Gasteiger partial charge is 0.366 e. The molecule has 5 heteroatoms. The molecule has 0 fully saturated rings. The van der Waals surface area contributed by atoms with Gasteiger partial charge in [-0.1, -0.05) is 29.8 Å². The minimum absolute atomic E-state index is 0.738. The average Bonchev–Trinajstić information content (AvgIpc) is 3.00. The van der Waals surface area contributed by atoms with Crippen LogP contribution in [0.15, 0.2) is 55.4 Å². The summed E-state index contributed by atoms with van der Waals surface area (Å²) >= 11 is 0. The van der Waals surface area contributed by atoms with Gasteiger partial charge in [0, 0.05) is 25.0 Å². The summed E-state index contributed by atoms with van der Waals surface area (Å²) in [5.41, 5.74) is 2.49. The number of aromatic nitrogens is 4. The number of rotatable bonds is 4. The number of nitrogens with zero attached hydrogens (tertiary/aromatic N) is 4. The molecule has 0 atom stereocenters. The van der Waals surface area contributed by atoms with Crippen molar-refractivity contribution in [2.24, 2.45) is 0 Å². The maximum Gasteiger partial charge on any atom is 0.143 e. The van der Waals surface area contributed by atoms with E-state index in [9.17, 15) is 0 Å². The minimum atomic E-state index is 0.738. The molecule has 0 radical (unpaired) electrons. The quantitative estimate of drug-likeness (QED) is 0.787. The lowest BCUT2D eigenvalue weighted by atomic mass is 10.1. The smallest absolute Gasteiger partial charge is 0.143 e. The van der Waals surface area contributed by atoms with Crippen LogP contribution in [0.3, 0.4) is 0 Å². The molecule has 2 aromatic heterocycles. The normalized spacial score (nSPS) is 10.4. The summed E-state index contributed by atoms with van der Waals surface area (Å²) in [7, 11) is 0. The number of imidazole rings is 1. The summed E-state index contributed by atoms with van der Waals surface area (Å²) in [6, 6.07) is 10.3. The minimum Gasteiger partial charge on any atom is -0.366 e. The van der Waals surface area contributed by atoms with Crippen LogP contribution in [0.2, 0.25) is 0 Å². The van der Waals surface area contributed by atoms with Gasteiger partial charge in [-0.2, -0.15) is 0 Å². The van der Waals surface area contributed by atoms with Crippen LogP contribution < -0.4 is 5.32 Å². The van der Waals surface area contributed by atoms with Crippen molar-refractivity contribution >= 4 is 5.82 Å². The molecule has 3 rings (SSSR count). The van der Waals surface area contributed by atoms with Crippen molar-refractivity contribution in [3.05, 3.63) is 66.5 Å². The molecule has 0 aliphatic rings. The zero-order chi connectivity index (χ0) is 13.8. The molecule has 100 valence electrons. The van der Waals surface area contributed by atoms with E-state index in [-0.39, 0.29) is 0 Å². The highest BCUT2D eigenvalue weighted by molar-refractivity contribution is 5.41. The van der Waals surface area contributed by atoms with Gasteiger partial charge in [-0.15, -0.1) is 0 Å². The van der Waals surface area contributed by atoms with E-state index >= 15 is 0 Å². The van der Waals surface area contributed by atoms with Crippen molar-refractivity contribution in [2.75, 3.05) is 5.32 Å². The summed E-state index contributed by atoms with van der Waals surface area (Å²) in [5.74, 6) is 1.59. The maximum absolute atomic E-state index is 4.23. The summed E-state index contributed by atoms with van der Waals surface area (Å²) in [6.45, 7) is 2.83. The number of benzene rings is 1. The second-order valence-electron chi connectivity index (χ2n) is 4.57. The molecule has 0 bridgehead atoms. The lowest BCUT2D eigenvalue weighted by Gasteiger charge is -2.07. The Labute approximate surface area is 117 Å². The molecule has 0 saturated heterocycles. The summed E-state index contributed by atoms with van der Waals surface area (Å²) in [4.78, 5) is 12.5. The lowest BCUT2D eigenvalue weighted by molar-refractivity contribution is 0.964. The van der Waals surface area contributed by atoms with Gasteiger partial charge in [0.05, 0.1) is 0 Å². The van der Waals surface area contributed by atoms with Crippen molar-refractivity contribution in [3.8, 4) is 5.82 Å². The van der Waals surface area contributed by atoms with Crippen LogP contribution in [0.4, 0.5) is 5.82 Å². The van der Waals surface area contributed by atoms with E-state index in [1.807, 2.05) is 16.8 Å². The Kier molecular flexibility index (Phi) is 3.41. The third kappa shape index (κ3) is 2.83. The van der Waals surface area contributed by atoms with Crippen LogP contribution >= 0.6 is 0 Å². The van der Waals surface area contributed by atoms with Crippen molar-refractivity contribution < 1.29 is 0 Å². The molecule has 0 amide bonds. The van der Waals surface area contributed by atoms with E-state index in [1.165, 1.54) is 11.1 Å². The zero-order valence-corrected chi connectivity index (χ0v) is 11.2. The van der Waals surface area contributed by atoms with Crippen molar-refractivity contribution in [1.82, 2.24) is 19.5 Å². The van der Waals surface area contributed by atoms with E-state index in [0.717, 1.165) is 18.2 Å². The molecular weight excluding hydrogens is 250 g/mol. The van der Waals surface area contributed by atoms with Crippen LogP contribution in [0.5, 0.6) is 0 Å². The topological polar surface area (TPSA) is 55.6 Å². The SMILES string of the molecule is Cc1cccc(CNc2cc(-n3ccnc3)ncn2)c1. The molecule has 0 unspecified atom stereocenters. The van der Waals surface area contributed by atoms with Gasteiger partial charge in [0.1, 0.15) is 24.3 Å². The van der Waals surface area contributed by atoms with Crippen molar-refractivity contribution in [3.63, 3.8) is 0 Å². The fourth-order valence-electron chi connectivity index (χ4n) is 1.99. The zero-order valence-electron chi connectivity index (χ0n) is 11.2. The van der Waals surface area contributed by atoms with Crippen LogP contribution in [0.1, 0.15) is 11.1 Å². The number of aryl methyl sites for hydroxylation is 1. The van der Waals surface area contributed by atoms with Crippen LogP contribution in [-0.2, 0) is 6.54 Å². The molecule has 0 saturated carbocycles. The van der Waals surface area contributed by atoms with Crippen LogP contribution in [0, 0.1) is 6.92 Å². The van der Waals surface area contributed by atoms with E-state index < -0.39 is 0 Å². The van der Waals surface area contributed by atoms with Crippen LogP contribution in [-0.4, -0.2) is 19.5 Å². The third-order valence-corrected chi connectivity index (χ3v) is 2.98. The summed E-state index contributed by atoms with van der Waals surface area (Å²) in [6.07, 6.45) is 6.84. The van der Waals surface area contributed by atoms with E-state index in [2.05, 4.69) is 51.5 Å². The molecule has 3 aromatic rings. The van der Waals surface area contributed by atoms with Gasteiger partial charge < -0.3 is 5.32 Å². The highest BCUT2D eigenvalue weighted by atomic mass is 15.1. The molecule has 1 N–H and O–H groups in total. The highest BCUT2D eigenvalue weighted by Crippen LogP contribution is 2.11. The van der Waals surface area contributed by atoms with Gasteiger partial charge in [0.15, 0.2) is 0 Å². The fourth-order valence-corrected chi connectivity index (χ4v) is 1.99. The van der Waals surface area contributed by atoms with Gasteiger partial charge in [0.2, 0.25) is 0 Å². The number of hydrogen-bond donors (Lipinski definition) is 1. The average molecular weight is 265 g/mol. The molecule has 0 aliphatic heterocycles. The Hall–Kier alpha value is -2.69. The Balaban J connectivity index is 1.73. The van der Waals surface area contributed by atoms with E-state index in [0.29, 0.717) is 0 Å². The van der Waals surface area contributed by atoms with Crippen molar-refractivity contribution in [2.45, 2.75) is 13.5 Å². The molecular formula is C15H15N5. The van der Waals surface area contributed by atoms with Gasteiger partial charge in [-0.25, -0.2) is 15.0 Å². The Morgan fingerprint density at radius 1 is 1.20 bits per heavy atom. The van der Waals surface area contributed by atoms with Crippen molar-refractivity contribution in [1.29, 1.82) is 0 Å². The molecule has 2 heterocycles. The third-order valence-electron chi connectivity index (χ3n) is 2.98. The molecule has 20 heavy (non-hydrogen) atoms. The molecule has 1 aromatic carbocycles. The monoisotopic (exact) mass is 265 g/mol. The predicted molar refractivity (Wildman–Crippen MR) is 77.7 cm³/mol. The Morgan fingerprint density at radius 2 is 2.15 bits per heavy atom. The van der Waals surface area contributed by atoms with Gasteiger partial charge >= 0.3 is 0 Å². The molecule has 0 aliphatic carbocycles. The van der Waals surface area contributed by atoms with Crippen LogP contribution in [0.25, 0.3) is 5.82 Å². The standard InChI is InChI=1S/C15H15N5/c1-12-3-2-4-13(7-12)9-17-14-8-15(19-10-18-14)20-6-5-16-11-20/h2-8,10-11H,9H2,1H3,(H,17,18,19). The number of nitrogens with one attached hydrogen (secondary N) is 1. The number of anilines is 1. The summed E-state index contributed by atoms with van der Waals surface area (Å²) in [5, 5.41) is 3.31. The number of hydrogen-bond acceptors (Lipinski definition) is 4. The Bertz CT molecular complexity index is 691. The van der Waals surface area contributed by atoms with Gasteiger partial charge in [-0.05, 0) is 12.5 Å². The predicted octanol–water partition coefficient (Wildman–Crippen LogP) is 2.58. The fraction of sp³-hybridized carbons (Fsp3) is 0.133. The second-order valence-corrected chi connectivity index (χ2v) is 4.57. The second kappa shape index (κ2) is 5.52. The first kappa shape index (κ1) is 12.3. The lowest BCUT2D eigenvalue weighted by Crippen LogP contribution is -2.04. The first-order chi connectivity index (χ1) is 9.81. The first-order valence-corrected chi connectivity index (χ1v) is 6.41. The first-order valence-electron chi connectivity index (χ1n) is 6.41.